The van der Waals surface area contributed by atoms with Gasteiger partial charge in [0.05, 0.1) is 24.8 Å². The van der Waals surface area contributed by atoms with Gasteiger partial charge in [-0.1, -0.05) is 0 Å². The zero-order chi connectivity index (χ0) is 23.3. The number of ether oxygens (including phenoxy) is 1. The highest BCUT2D eigenvalue weighted by Crippen LogP contribution is 2.19. The summed E-state index contributed by atoms with van der Waals surface area (Å²) >= 11 is 0. The van der Waals surface area contributed by atoms with Crippen molar-refractivity contribution in [3.8, 4) is 5.69 Å². The van der Waals surface area contributed by atoms with Crippen molar-refractivity contribution in [3.05, 3.63) is 77.9 Å². The molecule has 2 N–H and O–H groups in total. The molecule has 2 aromatic carbocycles. The van der Waals surface area contributed by atoms with Crippen molar-refractivity contribution < 1.29 is 36.7 Å². The number of nitrogens with zero attached hydrogens (tertiary/aromatic N) is 2. The second kappa shape index (κ2) is 9.73. The molecule has 0 saturated heterocycles. The van der Waals surface area contributed by atoms with E-state index in [0.29, 0.717) is 11.8 Å². The summed E-state index contributed by atoms with van der Waals surface area (Å²) in [5.74, 6) is -7.91. The molecule has 3 aromatic rings. The number of benzene rings is 2. The third-order valence-electron chi connectivity index (χ3n) is 4.04. The first-order chi connectivity index (χ1) is 15.3. The first kappa shape index (κ1) is 22.5. The fraction of sp³-hybridized carbons (Fsp3) is 0.100. The Kier molecular flexibility index (Phi) is 6.83. The minimum atomic E-state index is -1.75. The number of carbonyl (C=O) groups excluding carboxylic acids is 3. The number of carbonyl (C=O) groups is 3. The Labute approximate surface area is 177 Å². The van der Waals surface area contributed by atoms with Crippen molar-refractivity contribution >= 4 is 23.5 Å². The topological polar surface area (TPSA) is 102 Å². The molecule has 0 atom stereocenters. The average Bonchev–Trinajstić information content (AvgIpc) is 3.27. The van der Waals surface area contributed by atoms with Crippen LogP contribution in [0.25, 0.3) is 5.69 Å². The van der Waals surface area contributed by atoms with Gasteiger partial charge in [-0.2, -0.15) is 0 Å². The van der Waals surface area contributed by atoms with Gasteiger partial charge >= 0.3 is 5.97 Å². The van der Waals surface area contributed by atoms with E-state index in [4.69, 9.17) is 4.74 Å². The van der Waals surface area contributed by atoms with E-state index in [2.05, 4.69) is 10.3 Å². The standard InChI is InChI=1S/C20H14F4N4O4/c21-11-1-3-12(4-2-11)28-10-25-7-15(28)20(31)32-9-17(30)26-8-16(29)27-14-6-5-13(22)18(23)19(14)24/h1-7,10H,8-9H2,(H,26,30)(H,27,29). The summed E-state index contributed by atoms with van der Waals surface area (Å²) in [6.45, 7) is -1.40. The van der Waals surface area contributed by atoms with E-state index in [1.54, 1.807) is 0 Å². The van der Waals surface area contributed by atoms with Crippen LogP contribution in [0.4, 0.5) is 23.2 Å². The zero-order valence-electron chi connectivity index (χ0n) is 16.1. The maximum absolute atomic E-state index is 13.5. The summed E-state index contributed by atoms with van der Waals surface area (Å²) in [6, 6.07) is 6.65. The Morgan fingerprint density at radius 2 is 1.66 bits per heavy atom. The van der Waals surface area contributed by atoms with Crippen molar-refractivity contribution in [2.45, 2.75) is 0 Å². The second-order valence-corrected chi connectivity index (χ2v) is 6.25. The van der Waals surface area contributed by atoms with Gasteiger partial charge in [0, 0.05) is 5.69 Å². The quantitative estimate of drug-likeness (QED) is 0.327. The fourth-order valence-electron chi connectivity index (χ4n) is 2.51. The van der Waals surface area contributed by atoms with E-state index in [-0.39, 0.29) is 5.69 Å². The van der Waals surface area contributed by atoms with Gasteiger partial charge in [-0.15, -0.1) is 0 Å². The first-order valence-electron chi connectivity index (χ1n) is 8.91. The average molecular weight is 450 g/mol. The van der Waals surface area contributed by atoms with Crippen LogP contribution in [0, 0.1) is 23.3 Å². The van der Waals surface area contributed by atoms with Crippen LogP contribution in [-0.2, 0) is 14.3 Å². The van der Waals surface area contributed by atoms with Crippen LogP contribution in [0.3, 0.4) is 0 Å². The van der Waals surface area contributed by atoms with Gasteiger partial charge in [0.2, 0.25) is 5.91 Å². The predicted molar refractivity (Wildman–Crippen MR) is 102 cm³/mol. The summed E-state index contributed by atoms with van der Waals surface area (Å²) in [6.07, 6.45) is 2.49. The zero-order valence-corrected chi connectivity index (χ0v) is 16.1. The van der Waals surface area contributed by atoms with Crippen LogP contribution in [-0.4, -0.2) is 40.5 Å². The smallest absolute Gasteiger partial charge is 0.357 e. The van der Waals surface area contributed by atoms with Crippen molar-refractivity contribution in [1.82, 2.24) is 14.9 Å². The van der Waals surface area contributed by atoms with Gasteiger partial charge in [0.1, 0.15) is 5.82 Å². The Hall–Kier alpha value is -4.22. The number of nitrogens with one attached hydrogen (secondary N) is 2. The highest BCUT2D eigenvalue weighted by atomic mass is 19.2. The normalized spacial score (nSPS) is 10.5. The second-order valence-electron chi connectivity index (χ2n) is 6.25. The summed E-state index contributed by atoms with van der Waals surface area (Å²) in [5.41, 5.74) is -0.207. The number of esters is 1. The summed E-state index contributed by atoms with van der Waals surface area (Å²) in [5, 5.41) is 4.09. The molecular weight excluding hydrogens is 436 g/mol. The third-order valence-corrected chi connectivity index (χ3v) is 4.04. The van der Waals surface area contributed by atoms with E-state index < -0.39 is 59.9 Å². The molecule has 0 spiro atoms. The number of hydrogen-bond acceptors (Lipinski definition) is 5. The molecule has 0 radical (unpaired) electrons. The van der Waals surface area contributed by atoms with Crippen LogP contribution < -0.4 is 10.6 Å². The number of imidazole rings is 1. The van der Waals surface area contributed by atoms with E-state index in [9.17, 15) is 31.9 Å². The van der Waals surface area contributed by atoms with Gasteiger partial charge in [0.25, 0.3) is 5.91 Å². The lowest BCUT2D eigenvalue weighted by atomic mass is 10.2. The van der Waals surface area contributed by atoms with E-state index >= 15 is 0 Å². The molecule has 8 nitrogen and oxygen atoms in total. The van der Waals surface area contributed by atoms with Gasteiger partial charge < -0.3 is 15.4 Å². The molecule has 2 amide bonds. The highest BCUT2D eigenvalue weighted by molar-refractivity contribution is 5.95. The van der Waals surface area contributed by atoms with Crippen LogP contribution in [0.2, 0.25) is 0 Å². The molecule has 12 heteroatoms. The highest BCUT2D eigenvalue weighted by Gasteiger charge is 2.18. The molecular formula is C20H14F4N4O4. The van der Waals surface area contributed by atoms with Crippen LogP contribution >= 0.6 is 0 Å². The molecule has 0 aliphatic carbocycles. The van der Waals surface area contributed by atoms with Gasteiger partial charge in [-0.25, -0.2) is 27.3 Å². The molecule has 0 aliphatic rings. The molecule has 1 heterocycles. The predicted octanol–water partition coefficient (Wildman–Crippen LogP) is 2.34. The monoisotopic (exact) mass is 450 g/mol. The van der Waals surface area contributed by atoms with E-state index in [1.165, 1.54) is 41.4 Å². The van der Waals surface area contributed by atoms with Gasteiger partial charge in [0.15, 0.2) is 29.8 Å². The number of anilines is 1. The Bertz CT molecular complexity index is 1160. The molecule has 3 rings (SSSR count). The Morgan fingerprint density at radius 3 is 2.38 bits per heavy atom. The molecule has 166 valence electrons. The summed E-state index contributed by atoms with van der Waals surface area (Å²) < 4.78 is 58.8. The molecule has 32 heavy (non-hydrogen) atoms. The van der Waals surface area contributed by atoms with Crippen LogP contribution in [0.15, 0.2) is 48.9 Å². The molecule has 1 aromatic heterocycles. The SMILES string of the molecule is O=C(COC(=O)c1cncn1-c1ccc(F)cc1)NCC(=O)Nc1ccc(F)c(F)c1F. The van der Waals surface area contributed by atoms with Crippen LogP contribution in [0.1, 0.15) is 10.5 Å². The number of amides is 2. The Balaban J connectivity index is 1.50. The molecule has 0 aliphatic heterocycles. The summed E-state index contributed by atoms with van der Waals surface area (Å²) in [4.78, 5) is 39.6. The minimum absolute atomic E-state index is 0.0315. The molecule has 0 saturated carbocycles. The Morgan fingerprint density at radius 1 is 0.938 bits per heavy atom. The molecule has 0 fully saturated rings. The molecule has 0 bridgehead atoms. The van der Waals surface area contributed by atoms with Crippen molar-refractivity contribution in [3.63, 3.8) is 0 Å². The lowest BCUT2D eigenvalue weighted by molar-refractivity contribution is -0.126. The van der Waals surface area contributed by atoms with Crippen LogP contribution in [0.5, 0.6) is 0 Å². The van der Waals surface area contributed by atoms with Crippen molar-refractivity contribution in [1.29, 1.82) is 0 Å². The lowest BCUT2D eigenvalue weighted by Gasteiger charge is -2.10. The largest absolute Gasteiger partial charge is 0.451 e. The minimum Gasteiger partial charge on any atom is -0.451 e. The number of hydrogen-bond donors (Lipinski definition) is 2. The first-order valence-corrected chi connectivity index (χ1v) is 8.91. The third kappa shape index (κ3) is 5.28. The van der Waals surface area contributed by atoms with E-state index in [1.807, 2.05) is 5.32 Å². The lowest BCUT2D eigenvalue weighted by Crippen LogP contribution is -2.35. The maximum Gasteiger partial charge on any atom is 0.357 e. The van der Waals surface area contributed by atoms with Gasteiger partial charge in [-0.05, 0) is 36.4 Å². The molecule has 0 unspecified atom stereocenters. The van der Waals surface area contributed by atoms with Crippen molar-refractivity contribution in [2.75, 3.05) is 18.5 Å². The van der Waals surface area contributed by atoms with Crippen molar-refractivity contribution in [2.24, 2.45) is 0 Å². The maximum atomic E-state index is 13.5. The number of aromatic nitrogens is 2. The van der Waals surface area contributed by atoms with E-state index in [0.717, 1.165) is 6.07 Å². The number of rotatable bonds is 7. The fourth-order valence-corrected chi connectivity index (χ4v) is 2.51. The van der Waals surface area contributed by atoms with Gasteiger partial charge in [-0.3, -0.25) is 14.2 Å². The number of halogens is 4. The summed E-state index contributed by atoms with van der Waals surface area (Å²) in [7, 11) is 0.